The number of carbonyl (C=O) groups is 1. The number of nitrogens with two attached hydrogens (primary N) is 1. The highest BCUT2D eigenvalue weighted by atomic mass is 35.5. The first-order chi connectivity index (χ1) is 4.95. The molecule has 0 radical (unpaired) electrons. The van der Waals surface area contributed by atoms with Gasteiger partial charge in [0, 0.05) is 26.6 Å². The van der Waals surface area contributed by atoms with E-state index in [4.69, 9.17) is 5.73 Å². The first-order valence-corrected chi connectivity index (χ1v) is 3.91. The average molecular weight is 195 g/mol. The van der Waals surface area contributed by atoms with Crippen LogP contribution in [0, 0.1) is 5.92 Å². The van der Waals surface area contributed by atoms with Crippen molar-refractivity contribution in [2.75, 3.05) is 14.1 Å². The maximum absolute atomic E-state index is 11.1. The monoisotopic (exact) mass is 194 g/mol. The van der Waals surface area contributed by atoms with Crippen LogP contribution in [0.25, 0.3) is 0 Å². The highest BCUT2D eigenvalue weighted by Gasteiger charge is 2.13. The van der Waals surface area contributed by atoms with Crippen molar-refractivity contribution < 1.29 is 4.79 Å². The van der Waals surface area contributed by atoms with E-state index in [9.17, 15) is 4.79 Å². The van der Waals surface area contributed by atoms with Crippen molar-refractivity contribution in [3.8, 4) is 0 Å². The number of hydrogen-bond acceptors (Lipinski definition) is 2. The fourth-order valence-electron chi connectivity index (χ4n) is 0.620. The van der Waals surface area contributed by atoms with E-state index in [2.05, 4.69) is 0 Å². The van der Waals surface area contributed by atoms with Crippen molar-refractivity contribution in [1.29, 1.82) is 0 Å². The summed E-state index contributed by atoms with van der Waals surface area (Å²) in [7, 11) is 3.49. The van der Waals surface area contributed by atoms with Crippen molar-refractivity contribution in [1.82, 2.24) is 4.90 Å². The normalized spacial score (nSPS) is 12.2. The fraction of sp³-hybridized carbons (Fsp3) is 0.875. The molecule has 0 fully saturated rings. The molecule has 0 saturated heterocycles. The van der Waals surface area contributed by atoms with Crippen LogP contribution in [-0.2, 0) is 4.79 Å². The number of rotatable bonds is 3. The maximum Gasteiger partial charge on any atom is 0.223 e. The first kappa shape index (κ1) is 14.3. The second kappa shape index (κ2) is 6.26. The summed E-state index contributed by atoms with van der Waals surface area (Å²) in [4.78, 5) is 12.7. The second-order valence-electron chi connectivity index (χ2n) is 3.40. The molecule has 0 saturated carbocycles. The summed E-state index contributed by atoms with van der Waals surface area (Å²) in [5.74, 6) is 0.477. The molecule has 0 bridgehead atoms. The van der Waals surface area contributed by atoms with E-state index in [-0.39, 0.29) is 24.4 Å². The minimum atomic E-state index is -0.00935. The highest BCUT2D eigenvalue weighted by Crippen LogP contribution is 2.03. The SMILES string of the molecule is CC(C)[C@H](N)CC(=O)N(C)C.Cl. The van der Waals surface area contributed by atoms with Crippen LogP contribution in [0.5, 0.6) is 0 Å². The summed E-state index contributed by atoms with van der Waals surface area (Å²) in [6, 6.07) is -0.00935. The molecule has 0 unspecified atom stereocenters. The Hall–Kier alpha value is -0.280. The van der Waals surface area contributed by atoms with Gasteiger partial charge in [-0.05, 0) is 5.92 Å². The summed E-state index contributed by atoms with van der Waals surface area (Å²) in [6.07, 6.45) is 0.449. The van der Waals surface area contributed by atoms with E-state index in [0.717, 1.165) is 0 Å². The topological polar surface area (TPSA) is 46.3 Å². The first-order valence-electron chi connectivity index (χ1n) is 3.91. The van der Waals surface area contributed by atoms with Gasteiger partial charge in [0.25, 0.3) is 0 Å². The van der Waals surface area contributed by atoms with Crippen molar-refractivity contribution in [3.63, 3.8) is 0 Å². The lowest BCUT2D eigenvalue weighted by Gasteiger charge is -2.17. The maximum atomic E-state index is 11.1. The minimum Gasteiger partial charge on any atom is -0.349 e. The zero-order valence-electron chi connectivity index (χ0n) is 8.20. The van der Waals surface area contributed by atoms with Gasteiger partial charge in [-0.2, -0.15) is 0 Å². The van der Waals surface area contributed by atoms with E-state index >= 15 is 0 Å². The molecule has 0 aromatic carbocycles. The minimum absolute atomic E-state index is 0. The number of amides is 1. The largest absolute Gasteiger partial charge is 0.349 e. The predicted molar refractivity (Wildman–Crippen MR) is 53.4 cm³/mol. The number of halogens is 1. The van der Waals surface area contributed by atoms with Gasteiger partial charge in [0.2, 0.25) is 5.91 Å². The Balaban J connectivity index is 0. The van der Waals surface area contributed by atoms with Gasteiger partial charge in [-0.3, -0.25) is 4.79 Å². The molecular formula is C8H19ClN2O. The molecule has 0 aliphatic carbocycles. The van der Waals surface area contributed by atoms with Gasteiger partial charge in [0.1, 0.15) is 0 Å². The van der Waals surface area contributed by atoms with E-state index in [1.54, 1.807) is 19.0 Å². The zero-order valence-corrected chi connectivity index (χ0v) is 9.02. The lowest BCUT2D eigenvalue weighted by atomic mass is 10.0. The molecule has 1 amide bonds. The van der Waals surface area contributed by atoms with E-state index in [1.807, 2.05) is 13.8 Å². The third-order valence-corrected chi connectivity index (χ3v) is 1.77. The third kappa shape index (κ3) is 5.38. The predicted octanol–water partition coefficient (Wildman–Crippen LogP) is 0.870. The van der Waals surface area contributed by atoms with E-state index in [1.165, 1.54) is 0 Å². The fourth-order valence-corrected chi connectivity index (χ4v) is 0.620. The van der Waals surface area contributed by atoms with Gasteiger partial charge in [0.15, 0.2) is 0 Å². The lowest BCUT2D eigenvalue weighted by Crippen LogP contribution is -2.34. The summed E-state index contributed by atoms with van der Waals surface area (Å²) in [6.45, 7) is 4.04. The van der Waals surface area contributed by atoms with Crippen LogP contribution in [0.1, 0.15) is 20.3 Å². The highest BCUT2D eigenvalue weighted by molar-refractivity contribution is 5.85. The number of hydrogen-bond donors (Lipinski definition) is 1. The Bertz CT molecular complexity index is 137. The molecule has 0 heterocycles. The number of carbonyl (C=O) groups excluding carboxylic acids is 1. The molecular weight excluding hydrogens is 176 g/mol. The van der Waals surface area contributed by atoms with Crippen LogP contribution >= 0.6 is 12.4 Å². The molecule has 12 heavy (non-hydrogen) atoms. The molecule has 3 nitrogen and oxygen atoms in total. The molecule has 0 spiro atoms. The van der Waals surface area contributed by atoms with Crippen LogP contribution in [0.2, 0.25) is 0 Å². The Morgan fingerprint density at radius 1 is 1.42 bits per heavy atom. The van der Waals surface area contributed by atoms with Gasteiger partial charge in [-0.15, -0.1) is 12.4 Å². The van der Waals surface area contributed by atoms with Gasteiger partial charge in [0.05, 0.1) is 0 Å². The Labute approximate surface area is 80.7 Å². The summed E-state index contributed by atoms with van der Waals surface area (Å²) in [5.41, 5.74) is 5.71. The Kier molecular flexibility index (Phi) is 7.44. The zero-order chi connectivity index (χ0) is 9.02. The Morgan fingerprint density at radius 2 is 1.83 bits per heavy atom. The molecule has 4 heteroatoms. The molecule has 74 valence electrons. The molecule has 0 aromatic heterocycles. The van der Waals surface area contributed by atoms with Gasteiger partial charge >= 0.3 is 0 Å². The van der Waals surface area contributed by atoms with Crippen molar-refractivity contribution >= 4 is 18.3 Å². The molecule has 1 atom stereocenters. The lowest BCUT2D eigenvalue weighted by molar-refractivity contribution is -0.129. The standard InChI is InChI=1S/C8H18N2O.ClH/c1-6(2)7(9)5-8(11)10(3)4;/h6-7H,5,9H2,1-4H3;1H/t7-;/m1./s1. The van der Waals surface area contributed by atoms with Crippen molar-refractivity contribution in [2.45, 2.75) is 26.3 Å². The molecule has 0 aliphatic rings. The third-order valence-electron chi connectivity index (χ3n) is 1.77. The van der Waals surface area contributed by atoms with Gasteiger partial charge in [-0.25, -0.2) is 0 Å². The molecule has 0 aromatic rings. The number of nitrogens with zero attached hydrogens (tertiary/aromatic N) is 1. The second-order valence-corrected chi connectivity index (χ2v) is 3.40. The van der Waals surface area contributed by atoms with Crippen LogP contribution in [0.15, 0.2) is 0 Å². The molecule has 0 rings (SSSR count). The van der Waals surface area contributed by atoms with Crippen molar-refractivity contribution in [3.05, 3.63) is 0 Å². The quantitative estimate of drug-likeness (QED) is 0.725. The van der Waals surface area contributed by atoms with Crippen molar-refractivity contribution in [2.24, 2.45) is 11.7 Å². The van der Waals surface area contributed by atoms with Crippen LogP contribution in [0.4, 0.5) is 0 Å². The van der Waals surface area contributed by atoms with E-state index < -0.39 is 0 Å². The summed E-state index contributed by atoms with van der Waals surface area (Å²) in [5, 5.41) is 0. The summed E-state index contributed by atoms with van der Waals surface area (Å²) >= 11 is 0. The molecule has 0 aliphatic heterocycles. The van der Waals surface area contributed by atoms with Crippen LogP contribution in [0.3, 0.4) is 0 Å². The van der Waals surface area contributed by atoms with Crippen LogP contribution < -0.4 is 5.73 Å². The van der Waals surface area contributed by atoms with Gasteiger partial charge in [-0.1, -0.05) is 13.8 Å². The molecule has 2 N–H and O–H groups in total. The van der Waals surface area contributed by atoms with Crippen LogP contribution in [-0.4, -0.2) is 30.9 Å². The van der Waals surface area contributed by atoms with Gasteiger partial charge < -0.3 is 10.6 Å². The van der Waals surface area contributed by atoms with E-state index in [0.29, 0.717) is 12.3 Å². The summed E-state index contributed by atoms with van der Waals surface area (Å²) < 4.78 is 0. The average Bonchev–Trinajstić information content (AvgIpc) is 1.87. The Morgan fingerprint density at radius 3 is 2.08 bits per heavy atom. The smallest absolute Gasteiger partial charge is 0.223 e.